The lowest BCUT2D eigenvalue weighted by atomic mass is 10.1. The van der Waals surface area contributed by atoms with E-state index >= 15 is 0 Å². The van der Waals surface area contributed by atoms with Crippen molar-refractivity contribution in [2.75, 3.05) is 19.0 Å². The van der Waals surface area contributed by atoms with Gasteiger partial charge >= 0.3 is 0 Å². The molecule has 29 heavy (non-hydrogen) atoms. The van der Waals surface area contributed by atoms with Gasteiger partial charge in [0.2, 0.25) is 5.91 Å². The van der Waals surface area contributed by atoms with Gasteiger partial charge in [-0.25, -0.2) is 0 Å². The standard InChI is InChI=1S/C20H17ClN2O5S/c1-11-4-3-5-14(6-11)22-17(24)10-23-19(26)16(29-20(23)27)8-12-7-13(21)9-15(28-2)18(12)25/h3-9,25H,10H2,1-2H3,(H,22,24). The second kappa shape index (κ2) is 8.59. The van der Waals surface area contributed by atoms with E-state index in [1.165, 1.54) is 25.3 Å². The van der Waals surface area contributed by atoms with E-state index in [1.54, 1.807) is 18.2 Å². The van der Waals surface area contributed by atoms with E-state index in [2.05, 4.69) is 5.32 Å². The molecular formula is C20H17ClN2O5S. The minimum atomic E-state index is -0.627. The van der Waals surface area contributed by atoms with E-state index in [9.17, 15) is 19.5 Å². The van der Waals surface area contributed by atoms with Gasteiger partial charge in [0, 0.05) is 22.3 Å². The van der Waals surface area contributed by atoms with E-state index in [0.717, 1.165) is 10.5 Å². The second-order valence-electron chi connectivity index (χ2n) is 6.23. The average Bonchev–Trinajstić information content (AvgIpc) is 2.91. The first kappa shape index (κ1) is 20.8. The first-order valence-corrected chi connectivity index (χ1v) is 9.66. The Balaban J connectivity index is 1.77. The van der Waals surface area contributed by atoms with Gasteiger partial charge < -0.3 is 15.2 Å². The number of carbonyl (C=O) groups excluding carboxylic acids is 3. The highest BCUT2D eigenvalue weighted by molar-refractivity contribution is 8.18. The van der Waals surface area contributed by atoms with Crippen LogP contribution in [0.25, 0.3) is 6.08 Å². The molecule has 0 radical (unpaired) electrons. The predicted molar refractivity (Wildman–Crippen MR) is 112 cm³/mol. The fourth-order valence-electron chi connectivity index (χ4n) is 2.70. The summed E-state index contributed by atoms with van der Waals surface area (Å²) in [4.78, 5) is 38.0. The monoisotopic (exact) mass is 432 g/mol. The van der Waals surface area contributed by atoms with Gasteiger partial charge in [-0.15, -0.1) is 0 Å². The smallest absolute Gasteiger partial charge is 0.294 e. The van der Waals surface area contributed by atoms with Crippen molar-refractivity contribution in [3.05, 3.63) is 57.5 Å². The first-order chi connectivity index (χ1) is 13.8. The lowest BCUT2D eigenvalue weighted by Crippen LogP contribution is -2.36. The van der Waals surface area contributed by atoms with E-state index < -0.39 is 23.6 Å². The molecule has 0 aromatic heterocycles. The number of halogens is 1. The normalized spacial score (nSPS) is 15.1. The molecule has 1 fully saturated rings. The summed E-state index contributed by atoms with van der Waals surface area (Å²) in [5, 5.41) is 12.6. The Morgan fingerprint density at radius 3 is 2.76 bits per heavy atom. The maximum atomic E-state index is 12.6. The summed E-state index contributed by atoms with van der Waals surface area (Å²) in [5.41, 5.74) is 1.77. The number of methoxy groups -OCH3 is 1. The molecule has 150 valence electrons. The quantitative estimate of drug-likeness (QED) is 0.692. The zero-order valence-electron chi connectivity index (χ0n) is 15.6. The molecule has 3 rings (SSSR count). The molecule has 0 aliphatic carbocycles. The minimum Gasteiger partial charge on any atom is -0.504 e. The molecule has 0 saturated carbocycles. The van der Waals surface area contributed by atoms with Crippen LogP contribution in [-0.2, 0) is 9.59 Å². The topological polar surface area (TPSA) is 95.9 Å². The Bertz CT molecular complexity index is 1040. The minimum absolute atomic E-state index is 0.0676. The third-order valence-electron chi connectivity index (χ3n) is 4.05. The molecule has 9 heteroatoms. The lowest BCUT2D eigenvalue weighted by molar-refractivity contribution is -0.127. The van der Waals surface area contributed by atoms with Crippen LogP contribution in [0, 0.1) is 6.92 Å². The van der Waals surface area contributed by atoms with Crippen molar-refractivity contribution in [1.29, 1.82) is 0 Å². The molecule has 7 nitrogen and oxygen atoms in total. The number of carbonyl (C=O) groups is 3. The first-order valence-electron chi connectivity index (χ1n) is 8.47. The Morgan fingerprint density at radius 1 is 1.31 bits per heavy atom. The highest BCUT2D eigenvalue weighted by atomic mass is 35.5. The van der Waals surface area contributed by atoms with Gasteiger partial charge in [0.05, 0.1) is 12.0 Å². The molecular weight excluding hydrogens is 416 g/mol. The molecule has 2 N–H and O–H groups in total. The number of hydrogen-bond acceptors (Lipinski definition) is 6. The highest BCUT2D eigenvalue weighted by Gasteiger charge is 2.36. The van der Waals surface area contributed by atoms with Crippen molar-refractivity contribution in [2.24, 2.45) is 0 Å². The maximum absolute atomic E-state index is 12.6. The van der Waals surface area contributed by atoms with Crippen LogP contribution in [-0.4, -0.2) is 40.7 Å². The maximum Gasteiger partial charge on any atom is 0.294 e. The van der Waals surface area contributed by atoms with Crippen molar-refractivity contribution in [2.45, 2.75) is 6.92 Å². The summed E-state index contributed by atoms with van der Waals surface area (Å²) in [7, 11) is 1.37. The van der Waals surface area contributed by atoms with Gasteiger partial charge in [-0.2, -0.15) is 0 Å². The molecule has 1 aliphatic heterocycles. The van der Waals surface area contributed by atoms with Crippen LogP contribution in [0.3, 0.4) is 0 Å². The summed E-state index contributed by atoms with van der Waals surface area (Å²) in [5.74, 6) is -1.19. The van der Waals surface area contributed by atoms with Crippen molar-refractivity contribution in [3.8, 4) is 11.5 Å². The second-order valence-corrected chi connectivity index (χ2v) is 7.66. The van der Waals surface area contributed by atoms with Crippen molar-refractivity contribution in [1.82, 2.24) is 4.90 Å². The molecule has 0 spiro atoms. The van der Waals surface area contributed by atoms with E-state index in [4.69, 9.17) is 16.3 Å². The fourth-order valence-corrected chi connectivity index (χ4v) is 3.75. The molecule has 1 saturated heterocycles. The number of aryl methyl sites for hydroxylation is 1. The summed E-state index contributed by atoms with van der Waals surface area (Å²) < 4.78 is 5.03. The molecule has 0 atom stereocenters. The van der Waals surface area contributed by atoms with Crippen LogP contribution in [0.15, 0.2) is 41.3 Å². The number of anilines is 1. The summed E-state index contributed by atoms with van der Waals surface area (Å²) in [6, 6.07) is 10.0. The van der Waals surface area contributed by atoms with Crippen LogP contribution < -0.4 is 10.1 Å². The zero-order chi connectivity index (χ0) is 21.1. The van der Waals surface area contributed by atoms with Crippen LogP contribution in [0.2, 0.25) is 5.02 Å². The number of benzene rings is 2. The fraction of sp³-hybridized carbons (Fsp3) is 0.150. The van der Waals surface area contributed by atoms with Gasteiger partial charge in [-0.3, -0.25) is 19.3 Å². The van der Waals surface area contributed by atoms with Gasteiger partial charge in [-0.05, 0) is 48.5 Å². The number of hydrogen-bond donors (Lipinski definition) is 2. The van der Waals surface area contributed by atoms with Crippen molar-refractivity contribution in [3.63, 3.8) is 0 Å². The number of nitrogens with zero attached hydrogens (tertiary/aromatic N) is 1. The van der Waals surface area contributed by atoms with E-state index in [1.807, 2.05) is 13.0 Å². The third kappa shape index (κ3) is 4.72. The van der Waals surface area contributed by atoms with E-state index in [0.29, 0.717) is 22.5 Å². The number of rotatable bonds is 5. The molecule has 0 bridgehead atoms. The summed E-state index contributed by atoms with van der Waals surface area (Å²) >= 11 is 6.67. The Labute approximate surface area is 176 Å². The summed E-state index contributed by atoms with van der Waals surface area (Å²) in [6.07, 6.45) is 1.34. The van der Waals surface area contributed by atoms with Crippen molar-refractivity contribution >= 4 is 52.2 Å². The number of aromatic hydroxyl groups is 1. The van der Waals surface area contributed by atoms with Crippen LogP contribution in [0.5, 0.6) is 11.5 Å². The number of ether oxygens (including phenoxy) is 1. The number of imide groups is 1. The molecule has 0 unspecified atom stereocenters. The molecule has 2 aromatic rings. The SMILES string of the molecule is COc1cc(Cl)cc(C=C2SC(=O)N(CC(=O)Nc3cccc(C)c3)C2=O)c1O. The van der Waals surface area contributed by atoms with Crippen LogP contribution in [0.1, 0.15) is 11.1 Å². The number of phenols is 1. The predicted octanol–water partition coefficient (Wildman–Crippen LogP) is 4.04. The lowest BCUT2D eigenvalue weighted by Gasteiger charge is -2.12. The third-order valence-corrected chi connectivity index (χ3v) is 5.18. The number of amides is 3. The Kier molecular flexibility index (Phi) is 6.14. The van der Waals surface area contributed by atoms with Gasteiger partial charge in [0.1, 0.15) is 6.54 Å². The number of thioether (sulfide) groups is 1. The van der Waals surface area contributed by atoms with Crippen LogP contribution in [0.4, 0.5) is 10.5 Å². The van der Waals surface area contributed by atoms with Crippen LogP contribution >= 0.6 is 23.4 Å². The average molecular weight is 433 g/mol. The number of phenolic OH excluding ortho intramolecular Hbond substituents is 1. The Hall–Kier alpha value is -2.97. The zero-order valence-corrected chi connectivity index (χ0v) is 17.1. The summed E-state index contributed by atoms with van der Waals surface area (Å²) in [6.45, 7) is 1.47. The number of nitrogens with one attached hydrogen (secondary N) is 1. The van der Waals surface area contributed by atoms with Gasteiger partial charge in [0.15, 0.2) is 11.5 Å². The largest absolute Gasteiger partial charge is 0.504 e. The van der Waals surface area contributed by atoms with Gasteiger partial charge in [0.25, 0.3) is 11.1 Å². The highest BCUT2D eigenvalue weighted by Crippen LogP contribution is 2.38. The van der Waals surface area contributed by atoms with Crippen molar-refractivity contribution < 1.29 is 24.2 Å². The molecule has 2 aromatic carbocycles. The molecule has 1 aliphatic rings. The Morgan fingerprint density at radius 2 is 2.07 bits per heavy atom. The molecule has 1 heterocycles. The van der Waals surface area contributed by atoms with Gasteiger partial charge in [-0.1, -0.05) is 23.7 Å². The molecule has 3 amide bonds. The van der Waals surface area contributed by atoms with E-state index in [-0.39, 0.29) is 22.0 Å².